The van der Waals surface area contributed by atoms with Crippen LogP contribution >= 0.6 is 0 Å². The van der Waals surface area contributed by atoms with Gasteiger partial charge in [-0.2, -0.15) is 0 Å². The number of carbonyl (C=O) groups excluding carboxylic acids is 2. The Morgan fingerprint density at radius 2 is 1.72 bits per heavy atom. The molecule has 0 aromatic heterocycles. The van der Waals surface area contributed by atoms with Crippen LogP contribution in [0.4, 0.5) is 14.0 Å². The van der Waals surface area contributed by atoms with Gasteiger partial charge in [-0.3, -0.25) is 0 Å². The Morgan fingerprint density at radius 3 is 2.30 bits per heavy atom. The molecular weight excluding hydrogens is 551 g/mol. The Hall–Kier alpha value is -2.43. The number of likely N-dealkylation sites (tertiary alicyclic amines) is 3. The zero-order chi connectivity index (χ0) is 30.8. The van der Waals surface area contributed by atoms with E-state index in [9.17, 15) is 14.0 Å². The fourth-order valence-electron chi connectivity index (χ4n) is 8.15. The van der Waals surface area contributed by atoms with Crippen LogP contribution in [0.2, 0.25) is 0 Å². The fraction of sp³-hybridized carbons (Fsp3) is 0.758. The van der Waals surface area contributed by atoms with E-state index >= 15 is 0 Å². The number of halogens is 1. The monoisotopic (exact) mass is 602 g/mol. The number of carbonyl (C=O) groups is 2. The maximum absolute atomic E-state index is 14.9. The quantitative estimate of drug-likeness (QED) is 0.441. The molecule has 4 aliphatic rings. The van der Waals surface area contributed by atoms with Gasteiger partial charge in [0.2, 0.25) is 0 Å². The van der Waals surface area contributed by atoms with Crippen LogP contribution < -0.4 is 5.32 Å². The van der Waals surface area contributed by atoms with E-state index in [0.717, 1.165) is 76.9 Å². The van der Waals surface area contributed by atoms with E-state index in [1.54, 1.807) is 18.1 Å². The molecule has 1 aliphatic carbocycles. The van der Waals surface area contributed by atoms with E-state index in [1.165, 1.54) is 19.6 Å². The summed E-state index contributed by atoms with van der Waals surface area (Å²) in [6.07, 6.45) is 5.37. The molecule has 1 saturated carbocycles. The third-order valence-corrected chi connectivity index (χ3v) is 10.3. The van der Waals surface area contributed by atoms with Crippen molar-refractivity contribution in [2.24, 2.45) is 11.8 Å². The molecule has 3 aliphatic heterocycles. The predicted octanol–water partition coefficient (Wildman–Crippen LogP) is 4.64. The molecule has 10 heteroatoms. The first-order chi connectivity index (χ1) is 20.5. The molecule has 3 heterocycles. The van der Waals surface area contributed by atoms with Crippen LogP contribution in [0.3, 0.4) is 0 Å². The second-order valence-electron chi connectivity index (χ2n) is 14.2. The summed E-state index contributed by atoms with van der Waals surface area (Å²) in [7, 11) is 3.15. The van der Waals surface area contributed by atoms with Gasteiger partial charge in [-0.05, 0) is 109 Å². The van der Waals surface area contributed by atoms with E-state index in [-0.39, 0.29) is 29.3 Å². The molecule has 0 spiro atoms. The molecule has 240 valence electrons. The van der Waals surface area contributed by atoms with Crippen LogP contribution in [0, 0.1) is 17.7 Å². The number of rotatable bonds is 9. The number of ether oxygens (including phenoxy) is 3. The van der Waals surface area contributed by atoms with Gasteiger partial charge in [0, 0.05) is 31.7 Å². The van der Waals surface area contributed by atoms with E-state index < -0.39 is 17.3 Å². The number of benzene rings is 1. The molecule has 43 heavy (non-hydrogen) atoms. The number of nitrogens with one attached hydrogen (secondary N) is 1. The molecule has 1 unspecified atom stereocenters. The van der Waals surface area contributed by atoms with Gasteiger partial charge < -0.3 is 34.2 Å². The zero-order valence-electron chi connectivity index (χ0n) is 26.7. The van der Waals surface area contributed by atoms with E-state index in [4.69, 9.17) is 14.2 Å². The van der Waals surface area contributed by atoms with E-state index in [1.807, 2.05) is 26.8 Å². The van der Waals surface area contributed by atoms with Gasteiger partial charge >= 0.3 is 12.2 Å². The summed E-state index contributed by atoms with van der Waals surface area (Å²) in [5, 5.41) is 3.16. The summed E-state index contributed by atoms with van der Waals surface area (Å²) in [6.45, 7) is 12.2. The highest BCUT2D eigenvalue weighted by Crippen LogP contribution is 2.51. The topological polar surface area (TPSA) is 83.6 Å². The number of methoxy groups -OCH3 is 2. The number of alkyl carbamates (subject to hydrolysis) is 1. The first kappa shape index (κ1) is 32.0. The van der Waals surface area contributed by atoms with E-state index in [0.29, 0.717) is 19.0 Å². The summed E-state index contributed by atoms with van der Waals surface area (Å²) >= 11 is 0. The molecule has 1 aromatic carbocycles. The molecule has 1 aromatic rings. The average Bonchev–Trinajstić information content (AvgIpc) is 3.38. The summed E-state index contributed by atoms with van der Waals surface area (Å²) < 4.78 is 31.5. The van der Waals surface area contributed by atoms with Gasteiger partial charge in [0.1, 0.15) is 17.0 Å². The van der Waals surface area contributed by atoms with Gasteiger partial charge in [0.05, 0.1) is 20.2 Å². The van der Waals surface area contributed by atoms with Crippen LogP contribution in [-0.4, -0.2) is 111 Å². The minimum absolute atomic E-state index is 0.0133. The van der Waals surface area contributed by atoms with Crippen LogP contribution in [-0.2, 0) is 19.6 Å². The summed E-state index contributed by atoms with van der Waals surface area (Å²) in [4.78, 5) is 31.7. The molecule has 3 atom stereocenters. The Labute approximate surface area is 256 Å². The van der Waals surface area contributed by atoms with Crippen molar-refractivity contribution in [1.82, 2.24) is 20.0 Å². The Balaban J connectivity index is 1.35. The van der Waals surface area contributed by atoms with Crippen molar-refractivity contribution in [3.05, 3.63) is 35.6 Å². The second-order valence-corrected chi connectivity index (χ2v) is 14.2. The van der Waals surface area contributed by atoms with Crippen molar-refractivity contribution in [3.63, 3.8) is 0 Å². The third-order valence-electron chi connectivity index (χ3n) is 10.3. The number of piperidine rings is 1. The number of hydrogen-bond acceptors (Lipinski definition) is 7. The lowest BCUT2D eigenvalue weighted by atomic mass is 9.57. The van der Waals surface area contributed by atoms with Crippen molar-refractivity contribution < 1.29 is 28.2 Å². The molecule has 1 N–H and O–H groups in total. The van der Waals surface area contributed by atoms with Crippen molar-refractivity contribution in [2.75, 3.05) is 66.6 Å². The molecule has 0 radical (unpaired) electrons. The lowest BCUT2D eigenvalue weighted by Gasteiger charge is -2.55. The third kappa shape index (κ3) is 6.96. The summed E-state index contributed by atoms with van der Waals surface area (Å²) in [5.74, 6) is 0.305. The minimum Gasteiger partial charge on any atom is -0.453 e. The number of hydrogen-bond donors (Lipinski definition) is 1. The summed E-state index contributed by atoms with van der Waals surface area (Å²) in [6, 6.07) is 7.22. The van der Waals surface area contributed by atoms with Crippen molar-refractivity contribution in [3.8, 4) is 0 Å². The lowest BCUT2D eigenvalue weighted by Crippen LogP contribution is -2.69. The van der Waals surface area contributed by atoms with Crippen molar-refractivity contribution in [1.29, 1.82) is 0 Å². The Bertz CT molecular complexity index is 1130. The van der Waals surface area contributed by atoms with Gasteiger partial charge in [-0.15, -0.1) is 0 Å². The second kappa shape index (κ2) is 12.9. The number of nitrogens with zero attached hydrogens (tertiary/aromatic N) is 3. The maximum Gasteiger partial charge on any atom is 0.410 e. The van der Waals surface area contributed by atoms with E-state index in [2.05, 4.69) is 21.2 Å². The maximum atomic E-state index is 14.9. The highest BCUT2D eigenvalue weighted by molar-refractivity contribution is 5.69. The van der Waals surface area contributed by atoms with Crippen molar-refractivity contribution in [2.45, 2.75) is 82.0 Å². The average molecular weight is 603 g/mol. The Morgan fingerprint density at radius 1 is 1.00 bits per heavy atom. The fourth-order valence-corrected chi connectivity index (χ4v) is 8.15. The standard InChI is InChI=1S/C33H51FN4O5/c1-31(2,3)43-30(40)38-21-32(22-38,42-5)20-37-17-13-24(14-18-37)33(23-36-15-8-16-36,25-9-6-10-26(34)19-25)27-11-7-12-28(27)35-29(39)41-4/h6,9-10,19,24,27-28H,7-8,11-18,20-23H2,1-5H3,(H,35,39)/t27?,28-,33-/m0/s1. The largest absolute Gasteiger partial charge is 0.453 e. The SMILES string of the molecule is COC(=O)N[C@H]1CCCC1[C@](CN1CCC1)(c1cccc(F)c1)C1CCN(CC2(OC)CN(C(=O)OC(C)(C)C)C2)CC1. The van der Waals surface area contributed by atoms with Gasteiger partial charge in [-0.1, -0.05) is 18.6 Å². The summed E-state index contributed by atoms with van der Waals surface area (Å²) in [5.41, 5.74) is -0.164. The highest BCUT2D eigenvalue weighted by Gasteiger charge is 2.54. The van der Waals surface area contributed by atoms with Crippen LogP contribution in [0.5, 0.6) is 0 Å². The molecule has 3 saturated heterocycles. The lowest BCUT2D eigenvalue weighted by molar-refractivity contribution is -0.137. The van der Waals surface area contributed by atoms with Crippen LogP contribution in [0.15, 0.2) is 24.3 Å². The molecule has 5 rings (SSSR count). The van der Waals surface area contributed by atoms with Gasteiger partial charge in [-0.25, -0.2) is 14.0 Å². The molecule has 2 amide bonds. The van der Waals surface area contributed by atoms with Crippen molar-refractivity contribution >= 4 is 12.2 Å². The normalized spacial score (nSPS) is 26.2. The Kier molecular flexibility index (Phi) is 9.59. The minimum atomic E-state index is -0.529. The molecule has 9 nitrogen and oxygen atoms in total. The van der Waals surface area contributed by atoms with Crippen LogP contribution in [0.1, 0.15) is 64.9 Å². The molecule has 0 bridgehead atoms. The first-order valence-corrected chi connectivity index (χ1v) is 16.1. The number of amides is 2. The predicted molar refractivity (Wildman–Crippen MR) is 163 cm³/mol. The molecule has 4 fully saturated rings. The zero-order valence-corrected chi connectivity index (χ0v) is 26.7. The van der Waals surface area contributed by atoms with Gasteiger partial charge in [0.25, 0.3) is 0 Å². The first-order valence-electron chi connectivity index (χ1n) is 16.1. The highest BCUT2D eigenvalue weighted by atomic mass is 19.1. The van der Waals surface area contributed by atoms with Gasteiger partial charge in [0.15, 0.2) is 0 Å². The molecular formula is C33H51FN4O5. The smallest absolute Gasteiger partial charge is 0.410 e. The van der Waals surface area contributed by atoms with Crippen LogP contribution in [0.25, 0.3) is 0 Å².